The zero-order chi connectivity index (χ0) is 10.3. The molecular formula is C9H5ClF2NO+. The van der Waals surface area contributed by atoms with E-state index in [0.29, 0.717) is 10.8 Å². The van der Waals surface area contributed by atoms with E-state index < -0.39 is 11.6 Å². The number of benzene rings is 1. The molecule has 0 aliphatic rings. The second-order valence-corrected chi connectivity index (χ2v) is 3.20. The lowest BCUT2D eigenvalue weighted by molar-refractivity contribution is -0.884. The molecule has 2 rings (SSSR count). The van der Waals surface area contributed by atoms with Crippen LogP contribution in [0.5, 0.6) is 0 Å². The molecule has 1 aromatic carbocycles. The van der Waals surface area contributed by atoms with Crippen molar-refractivity contribution in [3.05, 3.63) is 41.1 Å². The number of halogens is 3. The van der Waals surface area contributed by atoms with Gasteiger partial charge < -0.3 is 0 Å². The van der Waals surface area contributed by atoms with E-state index in [9.17, 15) is 14.0 Å². The van der Waals surface area contributed by atoms with Crippen LogP contribution in [0, 0.1) is 11.6 Å². The molecule has 0 aliphatic heterocycles. The van der Waals surface area contributed by atoms with Crippen LogP contribution in [0.2, 0.25) is 5.02 Å². The highest BCUT2D eigenvalue weighted by Gasteiger charge is 2.16. The van der Waals surface area contributed by atoms with Gasteiger partial charge in [-0.05, 0) is 0 Å². The fourth-order valence-electron chi connectivity index (χ4n) is 1.28. The Labute approximate surface area is 82.9 Å². The molecule has 0 saturated heterocycles. The molecule has 2 aromatic rings. The van der Waals surface area contributed by atoms with E-state index in [-0.39, 0.29) is 15.9 Å². The van der Waals surface area contributed by atoms with Gasteiger partial charge in [-0.15, -0.1) is 0 Å². The van der Waals surface area contributed by atoms with Gasteiger partial charge in [-0.2, -0.15) is 0 Å². The molecule has 72 valence electrons. The van der Waals surface area contributed by atoms with Crippen molar-refractivity contribution < 1.29 is 18.7 Å². The van der Waals surface area contributed by atoms with Gasteiger partial charge in [-0.25, -0.2) is 8.78 Å². The Kier molecular flexibility index (Phi) is 2.00. The first-order valence-electron chi connectivity index (χ1n) is 3.78. The SMILES string of the molecule is O[n+]1ccc(Cl)c2c(F)cc(F)cc21. The lowest BCUT2D eigenvalue weighted by atomic mass is 10.2. The smallest absolute Gasteiger partial charge is 0.271 e. The largest absolute Gasteiger partial charge is 0.285 e. The van der Waals surface area contributed by atoms with Crippen LogP contribution in [0.15, 0.2) is 24.4 Å². The minimum Gasteiger partial charge on any atom is -0.285 e. The summed E-state index contributed by atoms with van der Waals surface area (Å²) in [4.78, 5) is 0. The van der Waals surface area contributed by atoms with Crippen molar-refractivity contribution in [3.8, 4) is 0 Å². The third-order valence-corrected chi connectivity index (χ3v) is 2.20. The van der Waals surface area contributed by atoms with Crippen LogP contribution in [0.1, 0.15) is 0 Å². The second kappa shape index (κ2) is 3.06. The molecule has 0 fully saturated rings. The summed E-state index contributed by atoms with van der Waals surface area (Å²) in [6, 6.07) is 3.05. The number of nitrogens with zero attached hydrogens (tertiary/aromatic N) is 1. The molecule has 0 atom stereocenters. The van der Waals surface area contributed by atoms with Gasteiger partial charge in [0.05, 0.1) is 11.1 Å². The first kappa shape index (κ1) is 9.15. The van der Waals surface area contributed by atoms with Crippen LogP contribution in [0.3, 0.4) is 0 Å². The Balaban J connectivity index is 3.00. The van der Waals surface area contributed by atoms with Crippen LogP contribution >= 0.6 is 11.6 Å². The van der Waals surface area contributed by atoms with Gasteiger partial charge in [0.25, 0.3) is 5.52 Å². The molecule has 0 bridgehead atoms. The lowest BCUT2D eigenvalue weighted by Crippen LogP contribution is -2.30. The maximum Gasteiger partial charge on any atom is 0.271 e. The lowest BCUT2D eigenvalue weighted by Gasteiger charge is -1.98. The minimum atomic E-state index is -0.798. The Morgan fingerprint density at radius 1 is 1.29 bits per heavy atom. The zero-order valence-corrected chi connectivity index (χ0v) is 7.59. The van der Waals surface area contributed by atoms with E-state index >= 15 is 0 Å². The molecule has 0 spiro atoms. The summed E-state index contributed by atoms with van der Waals surface area (Å²) in [7, 11) is 0. The van der Waals surface area contributed by atoms with Gasteiger partial charge in [0, 0.05) is 16.9 Å². The molecule has 0 saturated carbocycles. The molecule has 1 aromatic heterocycles. The van der Waals surface area contributed by atoms with Gasteiger partial charge in [-0.1, -0.05) is 11.6 Å². The Hall–Kier alpha value is -1.42. The van der Waals surface area contributed by atoms with Crippen LogP contribution in [-0.4, -0.2) is 5.21 Å². The molecule has 5 heteroatoms. The summed E-state index contributed by atoms with van der Waals surface area (Å²) in [5.74, 6) is -1.56. The Bertz CT molecular complexity index is 516. The van der Waals surface area contributed by atoms with Gasteiger partial charge in [0.1, 0.15) is 17.0 Å². The van der Waals surface area contributed by atoms with Crippen molar-refractivity contribution in [1.29, 1.82) is 0 Å². The van der Waals surface area contributed by atoms with Crippen molar-refractivity contribution in [1.82, 2.24) is 0 Å². The number of fused-ring (bicyclic) bond motifs is 1. The standard InChI is InChI=1S/C9H5ClF2NO/c10-6-1-2-13(14)8-4-5(11)3-7(12)9(6)8/h1-4,14H/q+1. The van der Waals surface area contributed by atoms with Crippen molar-refractivity contribution in [3.63, 3.8) is 0 Å². The van der Waals surface area contributed by atoms with E-state index in [1.807, 2.05) is 0 Å². The van der Waals surface area contributed by atoms with E-state index in [1.165, 1.54) is 12.3 Å². The van der Waals surface area contributed by atoms with Crippen molar-refractivity contribution in [2.24, 2.45) is 0 Å². The summed E-state index contributed by atoms with van der Waals surface area (Å²) in [6.07, 6.45) is 1.21. The van der Waals surface area contributed by atoms with E-state index in [1.54, 1.807) is 0 Å². The highest BCUT2D eigenvalue weighted by molar-refractivity contribution is 6.35. The maximum atomic E-state index is 13.2. The topological polar surface area (TPSA) is 24.1 Å². The predicted molar refractivity (Wildman–Crippen MR) is 46.3 cm³/mol. The highest BCUT2D eigenvalue weighted by atomic mass is 35.5. The molecule has 0 amide bonds. The molecular weight excluding hydrogens is 212 g/mol. The molecule has 0 unspecified atom stereocenters. The van der Waals surface area contributed by atoms with Crippen molar-refractivity contribution >= 4 is 22.5 Å². The van der Waals surface area contributed by atoms with Crippen LogP contribution in [0.25, 0.3) is 10.9 Å². The Morgan fingerprint density at radius 3 is 2.71 bits per heavy atom. The van der Waals surface area contributed by atoms with Gasteiger partial charge >= 0.3 is 0 Å². The molecule has 0 aliphatic carbocycles. The normalized spacial score (nSPS) is 10.8. The van der Waals surface area contributed by atoms with Crippen LogP contribution in [-0.2, 0) is 0 Å². The van der Waals surface area contributed by atoms with E-state index in [0.717, 1.165) is 6.07 Å². The number of hydrogen-bond donors (Lipinski definition) is 1. The van der Waals surface area contributed by atoms with Gasteiger partial charge in [-0.3, -0.25) is 5.21 Å². The summed E-state index contributed by atoms with van der Waals surface area (Å²) in [5, 5.41) is 9.40. The average Bonchev–Trinajstić information content (AvgIpc) is 2.10. The van der Waals surface area contributed by atoms with Crippen molar-refractivity contribution in [2.45, 2.75) is 0 Å². The van der Waals surface area contributed by atoms with Crippen LogP contribution in [0.4, 0.5) is 8.78 Å². The number of hydrogen-bond acceptors (Lipinski definition) is 1. The summed E-state index contributed by atoms with van der Waals surface area (Å²) in [5.41, 5.74) is -0.00463. The monoisotopic (exact) mass is 216 g/mol. The second-order valence-electron chi connectivity index (χ2n) is 2.79. The summed E-state index contributed by atoms with van der Waals surface area (Å²) < 4.78 is 26.7. The summed E-state index contributed by atoms with van der Waals surface area (Å²) in [6.45, 7) is 0. The quantitative estimate of drug-likeness (QED) is 0.530. The number of rotatable bonds is 0. The summed E-state index contributed by atoms with van der Waals surface area (Å²) >= 11 is 5.70. The fourth-order valence-corrected chi connectivity index (χ4v) is 1.52. The molecule has 1 N–H and O–H groups in total. The zero-order valence-electron chi connectivity index (χ0n) is 6.84. The Morgan fingerprint density at radius 2 is 2.00 bits per heavy atom. The van der Waals surface area contributed by atoms with Gasteiger partial charge in [0.15, 0.2) is 0 Å². The number of aromatic nitrogens is 1. The third kappa shape index (κ3) is 1.28. The van der Waals surface area contributed by atoms with Crippen LogP contribution < -0.4 is 4.73 Å². The first-order chi connectivity index (χ1) is 6.59. The maximum absolute atomic E-state index is 13.2. The van der Waals surface area contributed by atoms with E-state index in [2.05, 4.69) is 0 Å². The average molecular weight is 217 g/mol. The first-order valence-corrected chi connectivity index (χ1v) is 4.15. The molecule has 2 nitrogen and oxygen atoms in total. The molecule has 1 heterocycles. The van der Waals surface area contributed by atoms with Gasteiger partial charge in [0.2, 0.25) is 6.20 Å². The molecule has 14 heavy (non-hydrogen) atoms. The predicted octanol–water partition coefficient (Wildman–Crippen LogP) is 2.30. The highest BCUT2D eigenvalue weighted by Crippen LogP contribution is 2.23. The minimum absolute atomic E-state index is 0.00179. The number of pyridine rings is 1. The third-order valence-electron chi connectivity index (χ3n) is 1.88. The molecule has 0 radical (unpaired) electrons. The fraction of sp³-hybridized carbons (Fsp3) is 0. The van der Waals surface area contributed by atoms with Crippen molar-refractivity contribution in [2.75, 3.05) is 0 Å². The van der Waals surface area contributed by atoms with E-state index in [4.69, 9.17) is 11.6 Å².